The molecule has 98 valence electrons. The second-order valence-corrected chi connectivity index (χ2v) is 5.53. The third kappa shape index (κ3) is 2.69. The van der Waals surface area contributed by atoms with Gasteiger partial charge in [-0.3, -0.25) is 4.79 Å². The maximum Gasteiger partial charge on any atom is 0.257 e. The number of halogens is 1. The van der Waals surface area contributed by atoms with Gasteiger partial charge in [0.25, 0.3) is 5.91 Å². The largest absolute Gasteiger partial charge is 0.495 e. The molecule has 1 aromatic rings. The summed E-state index contributed by atoms with van der Waals surface area (Å²) in [6.07, 6.45) is 3.42. The number of amides is 1. The van der Waals surface area contributed by atoms with Crippen molar-refractivity contribution in [1.82, 2.24) is 4.90 Å². The van der Waals surface area contributed by atoms with Crippen LogP contribution in [0.5, 0.6) is 5.75 Å². The lowest BCUT2D eigenvalue weighted by Gasteiger charge is -2.27. The number of aryl methyl sites for hydroxylation is 1. The fraction of sp³-hybridized carbons (Fsp3) is 0.500. The Balaban J connectivity index is 2.33. The van der Waals surface area contributed by atoms with Crippen molar-refractivity contribution in [3.05, 3.63) is 27.7 Å². The number of hydrogen-bond acceptors (Lipinski definition) is 2. The fourth-order valence-corrected chi connectivity index (χ4v) is 3.10. The second kappa shape index (κ2) is 5.74. The van der Waals surface area contributed by atoms with E-state index in [1.54, 1.807) is 7.11 Å². The first-order chi connectivity index (χ1) is 8.63. The van der Waals surface area contributed by atoms with Gasteiger partial charge >= 0.3 is 0 Å². The normalized spacial score (nSPS) is 15.6. The molecule has 0 bridgehead atoms. The van der Waals surface area contributed by atoms with Crippen LogP contribution in [-0.2, 0) is 0 Å². The van der Waals surface area contributed by atoms with Gasteiger partial charge in [-0.05, 0) is 59.8 Å². The number of carbonyl (C=O) groups excluding carboxylic acids is 1. The van der Waals surface area contributed by atoms with E-state index in [9.17, 15) is 4.79 Å². The predicted molar refractivity (Wildman–Crippen MR) is 75.2 cm³/mol. The Bertz CT molecular complexity index is 453. The highest BCUT2D eigenvalue weighted by atomic mass is 79.9. The van der Waals surface area contributed by atoms with Crippen molar-refractivity contribution in [2.24, 2.45) is 0 Å². The van der Waals surface area contributed by atoms with E-state index in [4.69, 9.17) is 4.74 Å². The minimum atomic E-state index is 0.0796. The summed E-state index contributed by atoms with van der Waals surface area (Å²) in [6, 6.07) is 3.87. The third-order valence-electron chi connectivity index (χ3n) is 3.27. The highest BCUT2D eigenvalue weighted by Crippen LogP contribution is 2.31. The van der Waals surface area contributed by atoms with Crippen LogP contribution in [0.15, 0.2) is 16.6 Å². The molecule has 0 N–H and O–H groups in total. The maximum absolute atomic E-state index is 12.5. The Labute approximate surface area is 116 Å². The van der Waals surface area contributed by atoms with E-state index in [1.165, 1.54) is 6.42 Å². The molecule has 0 spiro atoms. The minimum Gasteiger partial charge on any atom is -0.495 e. The van der Waals surface area contributed by atoms with Gasteiger partial charge < -0.3 is 9.64 Å². The highest BCUT2D eigenvalue weighted by Gasteiger charge is 2.22. The molecular weight excluding hydrogens is 294 g/mol. The van der Waals surface area contributed by atoms with Crippen LogP contribution in [0, 0.1) is 6.92 Å². The van der Waals surface area contributed by atoms with Crippen molar-refractivity contribution in [3.8, 4) is 5.75 Å². The number of rotatable bonds is 2. The molecule has 1 aliphatic heterocycles. The van der Waals surface area contributed by atoms with Crippen LogP contribution in [0.25, 0.3) is 0 Å². The molecule has 0 unspecified atom stereocenters. The van der Waals surface area contributed by atoms with Gasteiger partial charge in [-0.15, -0.1) is 0 Å². The molecule has 0 aliphatic carbocycles. The van der Waals surface area contributed by atoms with Crippen LogP contribution in [0.3, 0.4) is 0 Å². The molecule has 3 nitrogen and oxygen atoms in total. The lowest BCUT2D eigenvalue weighted by molar-refractivity contribution is 0.0720. The topological polar surface area (TPSA) is 29.5 Å². The zero-order chi connectivity index (χ0) is 13.1. The van der Waals surface area contributed by atoms with Crippen LogP contribution >= 0.6 is 15.9 Å². The summed E-state index contributed by atoms with van der Waals surface area (Å²) in [5.41, 5.74) is 1.72. The second-order valence-electron chi connectivity index (χ2n) is 4.68. The Kier molecular flexibility index (Phi) is 4.27. The zero-order valence-corrected chi connectivity index (χ0v) is 12.4. The number of nitrogens with zero attached hydrogens (tertiary/aromatic N) is 1. The number of benzene rings is 1. The molecule has 1 saturated heterocycles. The Morgan fingerprint density at radius 1 is 1.28 bits per heavy atom. The van der Waals surface area contributed by atoms with Gasteiger partial charge in [-0.2, -0.15) is 0 Å². The molecule has 1 aliphatic rings. The predicted octanol–water partition coefficient (Wildman–Crippen LogP) is 3.39. The van der Waals surface area contributed by atoms with Crippen LogP contribution in [0.1, 0.15) is 35.2 Å². The van der Waals surface area contributed by atoms with Crippen molar-refractivity contribution in [1.29, 1.82) is 0 Å². The van der Waals surface area contributed by atoms with Crippen molar-refractivity contribution >= 4 is 21.8 Å². The molecular formula is C14H18BrNO2. The smallest absolute Gasteiger partial charge is 0.257 e. The average molecular weight is 312 g/mol. The van der Waals surface area contributed by atoms with E-state index in [0.717, 1.165) is 36.0 Å². The average Bonchev–Trinajstić information content (AvgIpc) is 2.38. The number of piperidine rings is 1. The van der Waals surface area contributed by atoms with Crippen LogP contribution in [0.4, 0.5) is 0 Å². The first kappa shape index (κ1) is 13.4. The highest BCUT2D eigenvalue weighted by molar-refractivity contribution is 9.10. The van der Waals surface area contributed by atoms with E-state index in [-0.39, 0.29) is 5.91 Å². The van der Waals surface area contributed by atoms with Crippen molar-refractivity contribution in [3.63, 3.8) is 0 Å². The molecule has 2 rings (SSSR count). The molecule has 1 heterocycles. The molecule has 1 fully saturated rings. The number of ether oxygens (including phenoxy) is 1. The summed E-state index contributed by atoms with van der Waals surface area (Å²) < 4.78 is 6.19. The maximum atomic E-state index is 12.5. The molecule has 1 aromatic carbocycles. The molecule has 4 heteroatoms. The summed E-state index contributed by atoms with van der Waals surface area (Å²) >= 11 is 3.45. The fourth-order valence-electron chi connectivity index (χ4n) is 2.36. The molecule has 1 amide bonds. The number of carbonyl (C=O) groups is 1. The Morgan fingerprint density at radius 2 is 1.94 bits per heavy atom. The monoisotopic (exact) mass is 311 g/mol. The van der Waals surface area contributed by atoms with Gasteiger partial charge in [-0.25, -0.2) is 0 Å². The van der Waals surface area contributed by atoms with E-state index < -0.39 is 0 Å². The Hall–Kier alpha value is -1.03. The molecule has 0 aromatic heterocycles. The van der Waals surface area contributed by atoms with Gasteiger partial charge in [0.2, 0.25) is 0 Å². The van der Waals surface area contributed by atoms with Gasteiger partial charge in [0.15, 0.2) is 0 Å². The number of hydrogen-bond donors (Lipinski definition) is 0. The molecule has 0 radical (unpaired) electrons. The van der Waals surface area contributed by atoms with Gasteiger partial charge in [0.05, 0.1) is 17.1 Å². The van der Waals surface area contributed by atoms with Crippen LogP contribution in [0.2, 0.25) is 0 Å². The van der Waals surface area contributed by atoms with Gasteiger partial charge in [0.1, 0.15) is 5.75 Å². The number of likely N-dealkylation sites (tertiary alicyclic amines) is 1. The van der Waals surface area contributed by atoms with Crippen LogP contribution in [-0.4, -0.2) is 31.0 Å². The van der Waals surface area contributed by atoms with Crippen LogP contribution < -0.4 is 4.74 Å². The lowest BCUT2D eigenvalue weighted by atomic mass is 10.1. The summed E-state index contributed by atoms with van der Waals surface area (Å²) in [4.78, 5) is 14.4. The number of methoxy groups -OCH3 is 1. The van der Waals surface area contributed by atoms with E-state index >= 15 is 0 Å². The van der Waals surface area contributed by atoms with Gasteiger partial charge in [0, 0.05) is 13.1 Å². The first-order valence-corrected chi connectivity index (χ1v) is 7.06. The van der Waals surface area contributed by atoms with Crippen molar-refractivity contribution in [2.45, 2.75) is 26.2 Å². The SMILES string of the molecule is COc1c(Br)cc(C)cc1C(=O)N1CCCCC1. The third-order valence-corrected chi connectivity index (χ3v) is 3.85. The van der Waals surface area contributed by atoms with Crippen molar-refractivity contribution in [2.75, 3.05) is 20.2 Å². The summed E-state index contributed by atoms with van der Waals surface area (Å²) in [7, 11) is 1.60. The minimum absolute atomic E-state index is 0.0796. The van der Waals surface area contributed by atoms with E-state index in [0.29, 0.717) is 11.3 Å². The van der Waals surface area contributed by atoms with Crippen molar-refractivity contribution < 1.29 is 9.53 Å². The van der Waals surface area contributed by atoms with E-state index in [2.05, 4.69) is 15.9 Å². The first-order valence-electron chi connectivity index (χ1n) is 6.27. The summed E-state index contributed by atoms with van der Waals surface area (Å²) in [5.74, 6) is 0.715. The zero-order valence-electron chi connectivity index (χ0n) is 10.8. The summed E-state index contributed by atoms with van der Waals surface area (Å²) in [5, 5.41) is 0. The quantitative estimate of drug-likeness (QED) is 0.838. The molecule has 0 saturated carbocycles. The van der Waals surface area contributed by atoms with E-state index in [1.807, 2.05) is 24.0 Å². The molecule has 0 atom stereocenters. The van der Waals surface area contributed by atoms with Gasteiger partial charge in [-0.1, -0.05) is 0 Å². The summed E-state index contributed by atoms with van der Waals surface area (Å²) in [6.45, 7) is 3.69. The lowest BCUT2D eigenvalue weighted by Crippen LogP contribution is -2.35. The standard InChI is InChI=1S/C14H18BrNO2/c1-10-8-11(13(18-2)12(15)9-10)14(17)16-6-4-3-5-7-16/h8-9H,3-7H2,1-2H3. The Morgan fingerprint density at radius 3 is 2.56 bits per heavy atom. The molecule has 18 heavy (non-hydrogen) atoms.